The molecule has 2 N–H and O–H groups in total. The maximum atomic E-state index is 11.8. The summed E-state index contributed by atoms with van der Waals surface area (Å²) in [5.41, 5.74) is 1.21. The van der Waals surface area contributed by atoms with Gasteiger partial charge in [0.2, 0.25) is 5.91 Å². The van der Waals surface area contributed by atoms with Gasteiger partial charge in [-0.2, -0.15) is 0 Å². The van der Waals surface area contributed by atoms with Crippen LogP contribution < -0.4 is 10.6 Å². The predicted molar refractivity (Wildman–Crippen MR) is 85.7 cm³/mol. The number of hydrogen-bond donors (Lipinski definition) is 2. The zero-order valence-electron chi connectivity index (χ0n) is 11.8. The van der Waals surface area contributed by atoms with E-state index in [0.29, 0.717) is 6.42 Å². The number of aryl methyl sites for hydroxylation is 1. The highest BCUT2D eigenvalue weighted by Crippen LogP contribution is 2.13. The molecule has 110 valence electrons. The molecule has 4 heteroatoms. The van der Waals surface area contributed by atoms with Gasteiger partial charge in [-0.1, -0.05) is 28.1 Å². The summed E-state index contributed by atoms with van der Waals surface area (Å²) >= 11 is 3.41. The molecule has 1 aromatic carbocycles. The molecule has 1 atom stereocenters. The Hall–Kier alpha value is -0.870. The van der Waals surface area contributed by atoms with E-state index in [2.05, 4.69) is 38.7 Å². The van der Waals surface area contributed by atoms with E-state index in [0.717, 1.165) is 42.9 Å². The van der Waals surface area contributed by atoms with Crippen LogP contribution >= 0.6 is 15.9 Å². The van der Waals surface area contributed by atoms with E-state index < -0.39 is 0 Å². The summed E-state index contributed by atoms with van der Waals surface area (Å²) in [6.07, 6.45) is 5.04. The highest BCUT2D eigenvalue weighted by molar-refractivity contribution is 9.10. The fraction of sp³-hybridized carbons (Fsp3) is 0.562. The van der Waals surface area contributed by atoms with Gasteiger partial charge in [-0.05, 0) is 62.4 Å². The Labute approximate surface area is 129 Å². The minimum Gasteiger partial charge on any atom is -0.356 e. The third-order valence-electron chi connectivity index (χ3n) is 3.83. The van der Waals surface area contributed by atoms with Crippen LogP contribution in [0.1, 0.15) is 31.2 Å². The number of benzene rings is 1. The van der Waals surface area contributed by atoms with Gasteiger partial charge in [-0.25, -0.2) is 0 Å². The Balaban J connectivity index is 1.59. The fourth-order valence-electron chi connectivity index (χ4n) is 2.58. The maximum absolute atomic E-state index is 11.8. The second-order valence-electron chi connectivity index (χ2n) is 5.48. The minimum absolute atomic E-state index is 0.164. The first-order valence-electron chi connectivity index (χ1n) is 7.46. The summed E-state index contributed by atoms with van der Waals surface area (Å²) in [6, 6.07) is 8.16. The van der Waals surface area contributed by atoms with Crippen LogP contribution in [-0.4, -0.2) is 25.5 Å². The van der Waals surface area contributed by atoms with Crippen LogP contribution in [-0.2, 0) is 11.2 Å². The topological polar surface area (TPSA) is 41.1 Å². The lowest BCUT2D eigenvalue weighted by Gasteiger charge is -2.22. The van der Waals surface area contributed by atoms with Crippen LogP contribution in [0.2, 0.25) is 0 Å². The molecule has 1 heterocycles. The monoisotopic (exact) mass is 338 g/mol. The average Bonchev–Trinajstić information content (AvgIpc) is 2.48. The molecule has 1 unspecified atom stereocenters. The minimum atomic E-state index is 0.164. The third kappa shape index (κ3) is 5.63. The van der Waals surface area contributed by atoms with E-state index in [9.17, 15) is 4.79 Å². The van der Waals surface area contributed by atoms with Gasteiger partial charge in [0.25, 0.3) is 0 Å². The standard InChI is InChI=1S/C16H23BrN2O/c17-15-6-3-13(4-7-15)5-8-16(20)19-11-9-14-2-1-10-18-12-14/h3-4,6-7,14,18H,1-2,5,8-12H2,(H,19,20). The van der Waals surface area contributed by atoms with E-state index in [1.54, 1.807) is 0 Å². The predicted octanol–water partition coefficient (Wildman–Crippen LogP) is 2.89. The Morgan fingerprint density at radius 1 is 1.35 bits per heavy atom. The number of rotatable bonds is 6. The van der Waals surface area contributed by atoms with E-state index in [-0.39, 0.29) is 5.91 Å². The van der Waals surface area contributed by atoms with Gasteiger partial charge < -0.3 is 10.6 Å². The number of carbonyl (C=O) groups excluding carboxylic acids is 1. The highest BCUT2D eigenvalue weighted by atomic mass is 79.9. The number of hydrogen-bond acceptors (Lipinski definition) is 2. The van der Waals surface area contributed by atoms with E-state index in [4.69, 9.17) is 0 Å². The molecule has 0 saturated carbocycles. The third-order valence-corrected chi connectivity index (χ3v) is 4.36. The van der Waals surface area contributed by atoms with Crippen LogP contribution in [0.15, 0.2) is 28.7 Å². The molecule has 0 aliphatic carbocycles. The first-order chi connectivity index (χ1) is 9.74. The van der Waals surface area contributed by atoms with E-state index in [1.807, 2.05) is 12.1 Å². The Kier molecular flexibility index (Phi) is 6.54. The lowest BCUT2D eigenvalue weighted by molar-refractivity contribution is -0.121. The number of carbonyl (C=O) groups is 1. The molecule has 2 rings (SSSR count). The molecule has 1 amide bonds. The number of nitrogens with one attached hydrogen (secondary N) is 2. The Morgan fingerprint density at radius 2 is 2.15 bits per heavy atom. The number of amides is 1. The summed E-state index contributed by atoms with van der Waals surface area (Å²) in [7, 11) is 0. The Bertz CT molecular complexity index is 413. The summed E-state index contributed by atoms with van der Waals surface area (Å²) in [6.45, 7) is 3.07. The first kappa shape index (κ1) is 15.5. The van der Waals surface area contributed by atoms with Crippen LogP contribution in [0, 0.1) is 5.92 Å². The van der Waals surface area contributed by atoms with Gasteiger partial charge >= 0.3 is 0 Å². The van der Waals surface area contributed by atoms with Crippen molar-refractivity contribution in [2.75, 3.05) is 19.6 Å². The molecule has 0 radical (unpaired) electrons. The fourth-order valence-corrected chi connectivity index (χ4v) is 2.85. The molecule has 1 fully saturated rings. The molecular formula is C16H23BrN2O. The lowest BCUT2D eigenvalue weighted by atomic mass is 9.96. The summed E-state index contributed by atoms with van der Waals surface area (Å²) in [4.78, 5) is 11.8. The van der Waals surface area contributed by atoms with E-state index in [1.165, 1.54) is 18.4 Å². The van der Waals surface area contributed by atoms with Gasteiger partial charge in [-0.3, -0.25) is 4.79 Å². The quantitative estimate of drug-likeness (QED) is 0.837. The van der Waals surface area contributed by atoms with Crippen molar-refractivity contribution in [1.29, 1.82) is 0 Å². The number of halogens is 1. The molecule has 3 nitrogen and oxygen atoms in total. The molecule has 1 saturated heterocycles. The molecule has 0 spiro atoms. The second-order valence-corrected chi connectivity index (χ2v) is 6.39. The van der Waals surface area contributed by atoms with Crippen LogP contribution in [0.25, 0.3) is 0 Å². The van der Waals surface area contributed by atoms with Crippen molar-refractivity contribution >= 4 is 21.8 Å². The van der Waals surface area contributed by atoms with Crippen molar-refractivity contribution in [3.8, 4) is 0 Å². The van der Waals surface area contributed by atoms with Crippen LogP contribution in [0.4, 0.5) is 0 Å². The summed E-state index contributed by atoms with van der Waals surface area (Å²) in [5, 5.41) is 6.44. The van der Waals surface area contributed by atoms with Crippen LogP contribution in [0.3, 0.4) is 0 Å². The van der Waals surface area contributed by atoms with Crippen LogP contribution in [0.5, 0.6) is 0 Å². The number of piperidine rings is 1. The first-order valence-corrected chi connectivity index (χ1v) is 8.25. The SMILES string of the molecule is O=C(CCc1ccc(Br)cc1)NCCC1CCCNC1. The molecule has 1 aliphatic rings. The summed E-state index contributed by atoms with van der Waals surface area (Å²) < 4.78 is 1.08. The van der Waals surface area contributed by atoms with Crippen molar-refractivity contribution < 1.29 is 4.79 Å². The summed E-state index contributed by atoms with van der Waals surface area (Å²) in [5.74, 6) is 0.896. The van der Waals surface area contributed by atoms with Gasteiger partial charge in [0, 0.05) is 17.4 Å². The average molecular weight is 339 g/mol. The van der Waals surface area contributed by atoms with Crippen molar-refractivity contribution in [1.82, 2.24) is 10.6 Å². The van der Waals surface area contributed by atoms with Gasteiger partial charge in [-0.15, -0.1) is 0 Å². The molecule has 0 bridgehead atoms. The van der Waals surface area contributed by atoms with Crippen molar-refractivity contribution in [3.05, 3.63) is 34.3 Å². The van der Waals surface area contributed by atoms with E-state index >= 15 is 0 Å². The van der Waals surface area contributed by atoms with Gasteiger partial charge in [0.15, 0.2) is 0 Å². The molecule has 20 heavy (non-hydrogen) atoms. The van der Waals surface area contributed by atoms with Gasteiger partial charge in [0.1, 0.15) is 0 Å². The Morgan fingerprint density at radius 3 is 2.85 bits per heavy atom. The smallest absolute Gasteiger partial charge is 0.220 e. The maximum Gasteiger partial charge on any atom is 0.220 e. The second kappa shape index (κ2) is 8.42. The molecule has 1 aromatic rings. The molecule has 0 aromatic heterocycles. The lowest BCUT2D eigenvalue weighted by Crippen LogP contribution is -2.33. The van der Waals surface area contributed by atoms with Gasteiger partial charge in [0.05, 0.1) is 0 Å². The normalized spacial score (nSPS) is 18.8. The van der Waals surface area contributed by atoms with Crippen molar-refractivity contribution in [2.24, 2.45) is 5.92 Å². The zero-order valence-corrected chi connectivity index (χ0v) is 13.4. The molecular weight excluding hydrogens is 316 g/mol. The molecule has 1 aliphatic heterocycles. The highest BCUT2D eigenvalue weighted by Gasteiger charge is 2.12. The van der Waals surface area contributed by atoms with Crippen molar-refractivity contribution in [3.63, 3.8) is 0 Å². The largest absolute Gasteiger partial charge is 0.356 e. The zero-order chi connectivity index (χ0) is 14.2. The van der Waals surface area contributed by atoms with Crippen molar-refractivity contribution in [2.45, 2.75) is 32.1 Å².